The van der Waals surface area contributed by atoms with Gasteiger partial charge in [0.1, 0.15) is 0 Å². The molecule has 0 spiro atoms. The van der Waals surface area contributed by atoms with Crippen molar-refractivity contribution < 1.29 is 0 Å². The molecule has 100 heavy (non-hydrogen) atoms. The van der Waals surface area contributed by atoms with Crippen LogP contribution in [0.25, 0.3) is 120 Å². The van der Waals surface area contributed by atoms with Gasteiger partial charge in [-0.05, 0) is 263 Å². The Kier molecular flexibility index (Phi) is 17.0. The summed E-state index contributed by atoms with van der Waals surface area (Å²) in [5.74, 6) is 0. The van der Waals surface area contributed by atoms with Crippen LogP contribution >= 0.6 is 0 Å². The zero-order valence-electron chi connectivity index (χ0n) is 61.0. The average Bonchev–Trinajstić information content (AvgIpc) is 1.51. The molecule has 16 rings (SSSR count). The third-order valence-electron chi connectivity index (χ3n) is 23.6. The minimum atomic E-state index is -0.549. The van der Waals surface area contributed by atoms with Crippen LogP contribution < -0.4 is 0 Å². The second-order valence-electron chi connectivity index (χ2n) is 32.4. The highest BCUT2D eigenvalue weighted by Crippen LogP contribution is 2.63. The molecule has 0 fully saturated rings. The van der Waals surface area contributed by atoms with E-state index in [2.05, 4.69) is 312 Å². The summed E-state index contributed by atoms with van der Waals surface area (Å²) in [5, 5.41) is 15.2. The second-order valence-corrected chi connectivity index (χ2v) is 32.4. The Bertz CT molecular complexity index is 5410. The van der Waals surface area contributed by atoms with Gasteiger partial charge in [0.15, 0.2) is 0 Å². The Morgan fingerprint density at radius 2 is 0.650 bits per heavy atom. The Hall–Kier alpha value is -9.36. The standard InChI is InChI=1S/C100H98/c1-11-13-15-17-19-25-51-99(52-26-20-18-16-14-12-2)91-62-74(37-49-83(91)87-64-94-88(63-92(87)99)84-47-31-66(4)54-93(84)100(94,81-43-39-79(40-44-81)97(5,6)7)82-45-41-80(42-46-82)98(8,9)10)73-38-50-86-90(61-73)96(76-36-34-72-56-68-28-22-24-30-70(68)58-78(72)60-76)85-48-32-65(3)53-89(85)95(86)75-35-33-71-55-67-27-21-23-29-69(67)57-77(71)59-75/h21-24,27-50,53-64H,11-20,25-26,51-52H2,1-10H3. The van der Waals surface area contributed by atoms with Crippen LogP contribution in [0.5, 0.6) is 0 Å². The van der Waals surface area contributed by atoms with Crippen molar-refractivity contribution in [3.8, 4) is 55.6 Å². The first kappa shape index (κ1) is 65.3. The maximum Gasteiger partial charge on any atom is 0.0713 e. The lowest BCUT2D eigenvalue weighted by molar-refractivity contribution is 0.398. The normalized spacial score (nSPS) is 13.8. The van der Waals surface area contributed by atoms with Crippen molar-refractivity contribution in [3.05, 3.63) is 298 Å². The van der Waals surface area contributed by atoms with Crippen molar-refractivity contribution >= 4 is 64.6 Å². The molecule has 0 saturated heterocycles. The minimum Gasteiger partial charge on any atom is -0.0654 e. The molecule has 2 aliphatic carbocycles. The highest BCUT2D eigenvalue weighted by Gasteiger charge is 2.50. The lowest BCUT2D eigenvalue weighted by Crippen LogP contribution is -2.29. The lowest BCUT2D eigenvalue weighted by Gasteiger charge is -2.36. The lowest BCUT2D eigenvalue weighted by atomic mass is 9.66. The Morgan fingerprint density at radius 1 is 0.270 bits per heavy atom. The molecule has 498 valence electrons. The van der Waals surface area contributed by atoms with Crippen molar-refractivity contribution in [2.24, 2.45) is 0 Å². The summed E-state index contributed by atoms with van der Waals surface area (Å²) in [6, 6.07) is 96.8. The molecule has 0 bridgehead atoms. The molecular weight excluding hydrogens is 1200 g/mol. The van der Waals surface area contributed by atoms with Gasteiger partial charge in [-0.3, -0.25) is 0 Å². The Morgan fingerprint density at radius 3 is 1.18 bits per heavy atom. The summed E-state index contributed by atoms with van der Waals surface area (Å²) in [4.78, 5) is 0. The predicted molar refractivity (Wildman–Crippen MR) is 434 cm³/mol. The molecule has 14 aromatic rings. The summed E-state index contributed by atoms with van der Waals surface area (Å²) in [5.41, 5.74) is 26.4. The van der Waals surface area contributed by atoms with Gasteiger partial charge in [0.05, 0.1) is 5.41 Å². The summed E-state index contributed by atoms with van der Waals surface area (Å²) in [6.45, 7) is 23.3. The van der Waals surface area contributed by atoms with Crippen molar-refractivity contribution in [3.63, 3.8) is 0 Å². The molecule has 2 aliphatic rings. The third kappa shape index (κ3) is 11.4. The fourth-order valence-electron chi connectivity index (χ4n) is 18.2. The number of hydrogen-bond acceptors (Lipinski definition) is 0. The molecule has 0 heteroatoms. The molecule has 0 nitrogen and oxygen atoms in total. The van der Waals surface area contributed by atoms with Crippen LogP contribution in [-0.4, -0.2) is 0 Å². The highest BCUT2D eigenvalue weighted by atomic mass is 14.5. The van der Waals surface area contributed by atoms with E-state index in [1.165, 1.54) is 247 Å². The number of hydrogen-bond donors (Lipinski definition) is 0. The first-order chi connectivity index (χ1) is 48.5. The zero-order chi connectivity index (χ0) is 68.7. The van der Waals surface area contributed by atoms with E-state index in [1.54, 1.807) is 5.56 Å². The quantitative estimate of drug-likeness (QED) is 0.0559. The van der Waals surface area contributed by atoms with Crippen molar-refractivity contribution in [2.45, 2.75) is 181 Å². The van der Waals surface area contributed by atoms with Crippen LogP contribution in [0.2, 0.25) is 0 Å². The monoisotopic (exact) mass is 1300 g/mol. The summed E-state index contributed by atoms with van der Waals surface area (Å²) >= 11 is 0. The molecule has 14 aromatic carbocycles. The van der Waals surface area contributed by atoms with Gasteiger partial charge < -0.3 is 0 Å². The Labute approximate surface area is 595 Å². The molecule has 0 saturated carbocycles. The average molecular weight is 1300 g/mol. The summed E-state index contributed by atoms with van der Waals surface area (Å²) in [6.07, 6.45) is 17.6. The molecule has 0 N–H and O–H groups in total. The first-order valence-electron chi connectivity index (χ1n) is 38.1. The van der Waals surface area contributed by atoms with Gasteiger partial charge in [-0.2, -0.15) is 0 Å². The van der Waals surface area contributed by atoms with Crippen LogP contribution in [0.3, 0.4) is 0 Å². The second kappa shape index (κ2) is 26.0. The molecule has 0 unspecified atom stereocenters. The van der Waals surface area contributed by atoms with E-state index in [0.29, 0.717) is 0 Å². The maximum absolute atomic E-state index is 2.78. The van der Waals surface area contributed by atoms with Gasteiger partial charge in [0.25, 0.3) is 0 Å². The van der Waals surface area contributed by atoms with Gasteiger partial charge >= 0.3 is 0 Å². The van der Waals surface area contributed by atoms with Crippen molar-refractivity contribution in [1.29, 1.82) is 0 Å². The van der Waals surface area contributed by atoms with Gasteiger partial charge in [-0.1, -0.05) is 326 Å². The molecule has 0 aliphatic heterocycles. The van der Waals surface area contributed by atoms with E-state index < -0.39 is 5.41 Å². The topological polar surface area (TPSA) is 0 Å². The predicted octanol–water partition coefficient (Wildman–Crippen LogP) is 28.9. The fraction of sp³-hybridized carbons (Fsp3) is 0.280. The number of fused-ring (bicyclic) bond motifs is 12. The molecule has 0 aromatic heterocycles. The first-order valence-corrected chi connectivity index (χ1v) is 38.1. The SMILES string of the molecule is CCCCCCCCC1(CCCCCCCC)c2cc(-c3ccc4c(-c5ccc6cc7ccccc7cc6c5)c5cc(C)ccc5c(-c5ccc6cc7ccccc7cc6c5)c4c3)ccc2-c2cc3c(cc21)-c1ccc(C)cc1C3(c1ccc(C(C)(C)C)cc1)c1ccc(C(C)(C)C)cc1. The van der Waals surface area contributed by atoms with Crippen LogP contribution in [0.1, 0.15) is 201 Å². The smallest absolute Gasteiger partial charge is 0.0654 e. The van der Waals surface area contributed by atoms with Gasteiger partial charge in [-0.25, -0.2) is 0 Å². The fourth-order valence-corrected chi connectivity index (χ4v) is 18.2. The van der Waals surface area contributed by atoms with E-state index in [1.807, 2.05) is 0 Å². The van der Waals surface area contributed by atoms with Crippen LogP contribution in [-0.2, 0) is 21.7 Å². The van der Waals surface area contributed by atoms with Gasteiger partial charge in [-0.15, -0.1) is 0 Å². The van der Waals surface area contributed by atoms with E-state index in [4.69, 9.17) is 0 Å². The van der Waals surface area contributed by atoms with E-state index in [-0.39, 0.29) is 16.2 Å². The number of benzene rings is 14. The van der Waals surface area contributed by atoms with Crippen LogP contribution in [0.15, 0.2) is 243 Å². The largest absolute Gasteiger partial charge is 0.0713 e. The molecule has 0 heterocycles. The van der Waals surface area contributed by atoms with Crippen molar-refractivity contribution in [2.75, 3.05) is 0 Å². The van der Waals surface area contributed by atoms with Crippen LogP contribution in [0, 0.1) is 13.8 Å². The van der Waals surface area contributed by atoms with E-state index in [0.717, 1.165) is 12.8 Å². The molecule has 0 atom stereocenters. The highest BCUT2D eigenvalue weighted by molar-refractivity contribution is 6.23. The molecular formula is C100H98. The number of unbranched alkanes of at least 4 members (excludes halogenated alkanes) is 10. The summed E-state index contributed by atoms with van der Waals surface area (Å²) in [7, 11) is 0. The minimum absolute atomic E-state index is 0.0219. The number of rotatable bonds is 19. The Balaban J connectivity index is 0.937. The molecule has 0 amide bonds. The van der Waals surface area contributed by atoms with E-state index >= 15 is 0 Å². The van der Waals surface area contributed by atoms with Gasteiger partial charge in [0, 0.05) is 5.41 Å². The van der Waals surface area contributed by atoms with Gasteiger partial charge in [0.2, 0.25) is 0 Å². The number of aryl methyl sites for hydroxylation is 2. The van der Waals surface area contributed by atoms with Crippen molar-refractivity contribution in [1.82, 2.24) is 0 Å². The summed E-state index contributed by atoms with van der Waals surface area (Å²) < 4.78 is 0. The van der Waals surface area contributed by atoms with Crippen LogP contribution in [0.4, 0.5) is 0 Å². The zero-order valence-corrected chi connectivity index (χ0v) is 61.0. The molecule has 0 radical (unpaired) electrons. The third-order valence-corrected chi connectivity index (χ3v) is 23.6. The maximum atomic E-state index is 2.78. The van der Waals surface area contributed by atoms with E-state index in [9.17, 15) is 0 Å².